The third-order valence-electron chi connectivity index (χ3n) is 7.93. The predicted molar refractivity (Wildman–Crippen MR) is 136 cm³/mol. The topological polar surface area (TPSA) is 100 Å². The molecule has 4 heterocycles. The van der Waals surface area contributed by atoms with Gasteiger partial charge < -0.3 is 25.0 Å². The first-order valence-electron chi connectivity index (χ1n) is 13.1. The van der Waals surface area contributed by atoms with Crippen molar-refractivity contribution in [3.63, 3.8) is 0 Å². The lowest BCUT2D eigenvalue weighted by Gasteiger charge is -2.44. The molecular formula is C28H32N4O5. The van der Waals surface area contributed by atoms with Gasteiger partial charge in [-0.3, -0.25) is 19.3 Å². The van der Waals surface area contributed by atoms with Crippen LogP contribution >= 0.6 is 0 Å². The second-order valence-electron chi connectivity index (χ2n) is 10.7. The van der Waals surface area contributed by atoms with Gasteiger partial charge in [-0.25, -0.2) is 0 Å². The number of amides is 3. The van der Waals surface area contributed by atoms with Crippen LogP contribution < -0.4 is 20.1 Å². The molecule has 3 amide bonds. The number of piperidine rings is 2. The molecule has 2 aromatic carbocycles. The standard InChI is InChI=1S/C28H32N4O5/c33-24(32-14-6-12-28(19-32)17-30-26(35)21-8-2-4-10-23(21)37-28)15-31-13-5-11-27(18-31)16-29-25(34)20-7-1-3-9-22(20)36-27/h1-4,7-10H,5-6,11-19H2,(H,29,34)(H,30,35). The highest BCUT2D eigenvalue weighted by molar-refractivity contribution is 5.98. The van der Waals surface area contributed by atoms with Crippen molar-refractivity contribution in [1.82, 2.24) is 20.4 Å². The van der Waals surface area contributed by atoms with Gasteiger partial charge in [-0.2, -0.15) is 0 Å². The first kappa shape index (κ1) is 23.8. The Morgan fingerprint density at radius 3 is 1.95 bits per heavy atom. The minimum Gasteiger partial charge on any atom is -0.483 e. The maximum absolute atomic E-state index is 13.5. The van der Waals surface area contributed by atoms with Crippen molar-refractivity contribution < 1.29 is 23.9 Å². The number of fused-ring (bicyclic) bond motifs is 2. The Morgan fingerprint density at radius 1 is 0.784 bits per heavy atom. The van der Waals surface area contributed by atoms with E-state index in [0.717, 1.165) is 32.2 Å². The molecule has 4 aliphatic heterocycles. The Morgan fingerprint density at radius 2 is 1.32 bits per heavy atom. The van der Waals surface area contributed by atoms with E-state index in [2.05, 4.69) is 15.5 Å². The second-order valence-corrected chi connectivity index (χ2v) is 10.7. The second kappa shape index (κ2) is 9.37. The Balaban J connectivity index is 1.14. The average Bonchev–Trinajstić information content (AvgIpc) is 3.12. The highest BCUT2D eigenvalue weighted by Crippen LogP contribution is 2.34. The molecule has 194 valence electrons. The predicted octanol–water partition coefficient (Wildman–Crippen LogP) is 1.83. The molecule has 6 rings (SSSR count). The molecule has 0 radical (unpaired) electrons. The van der Waals surface area contributed by atoms with Crippen molar-refractivity contribution in [2.45, 2.75) is 36.9 Å². The summed E-state index contributed by atoms with van der Waals surface area (Å²) < 4.78 is 12.9. The molecule has 2 fully saturated rings. The van der Waals surface area contributed by atoms with Gasteiger partial charge in [-0.15, -0.1) is 0 Å². The zero-order valence-corrected chi connectivity index (χ0v) is 20.8. The van der Waals surface area contributed by atoms with Crippen molar-refractivity contribution in [2.24, 2.45) is 0 Å². The number of hydrogen-bond acceptors (Lipinski definition) is 6. The largest absolute Gasteiger partial charge is 0.483 e. The van der Waals surface area contributed by atoms with Gasteiger partial charge in [-0.05, 0) is 56.5 Å². The van der Waals surface area contributed by atoms with E-state index in [9.17, 15) is 14.4 Å². The molecule has 0 saturated carbocycles. The number of rotatable bonds is 2. The van der Waals surface area contributed by atoms with Gasteiger partial charge in [0.25, 0.3) is 11.8 Å². The first-order valence-corrected chi connectivity index (χ1v) is 13.1. The van der Waals surface area contributed by atoms with Crippen LogP contribution in [0.25, 0.3) is 0 Å². The van der Waals surface area contributed by atoms with E-state index in [1.54, 1.807) is 12.1 Å². The number of benzene rings is 2. The van der Waals surface area contributed by atoms with Gasteiger partial charge in [-0.1, -0.05) is 24.3 Å². The normalized spacial score (nSPS) is 27.6. The van der Waals surface area contributed by atoms with Crippen molar-refractivity contribution in [3.05, 3.63) is 59.7 Å². The van der Waals surface area contributed by atoms with Crippen molar-refractivity contribution >= 4 is 17.7 Å². The molecule has 2 atom stereocenters. The zero-order chi connectivity index (χ0) is 25.5. The number of nitrogens with zero attached hydrogens (tertiary/aromatic N) is 2. The summed E-state index contributed by atoms with van der Waals surface area (Å²) in [7, 11) is 0. The number of carbonyl (C=O) groups excluding carboxylic acids is 3. The molecule has 0 bridgehead atoms. The van der Waals surface area contributed by atoms with E-state index < -0.39 is 11.2 Å². The Labute approximate surface area is 216 Å². The van der Waals surface area contributed by atoms with E-state index in [0.29, 0.717) is 55.3 Å². The number of hydrogen-bond donors (Lipinski definition) is 2. The van der Waals surface area contributed by atoms with Gasteiger partial charge >= 0.3 is 0 Å². The molecule has 2 saturated heterocycles. The van der Waals surface area contributed by atoms with Crippen LogP contribution in [0.1, 0.15) is 46.4 Å². The molecule has 2 spiro atoms. The summed E-state index contributed by atoms with van der Waals surface area (Å²) in [5.41, 5.74) is -0.137. The summed E-state index contributed by atoms with van der Waals surface area (Å²) in [6.07, 6.45) is 3.26. The molecule has 9 nitrogen and oxygen atoms in total. The third kappa shape index (κ3) is 4.64. The van der Waals surface area contributed by atoms with E-state index in [-0.39, 0.29) is 24.3 Å². The monoisotopic (exact) mass is 504 g/mol. The van der Waals surface area contributed by atoms with Crippen LogP contribution in [0.3, 0.4) is 0 Å². The van der Waals surface area contributed by atoms with Crippen LogP contribution in [0.5, 0.6) is 11.5 Å². The Kier molecular flexibility index (Phi) is 6.03. The molecule has 0 aliphatic carbocycles. The minimum atomic E-state index is -0.641. The average molecular weight is 505 g/mol. The van der Waals surface area contributed by atoms with Gasteiger partial charge in [0.2, 0.25) is 5.91 Å². The maximum Gasteiger partial charge on any atom is 0.255 e. The molecule has 2 aromatic rings. The summed E-state index contributed by atoms with van der Waals surface area (Å²) in [4.78, 5) is 42.6. The first-order chi connectivity index (χ1) is 17.9. The van der Waals surface area contributed by atoms with Crippen LogP contribution in [0.4, 0.5) is 0 Å². The number of carbonyl (C=O) groups is 3. The summed E-state index contributed by atoms with van der Waals surface area (Å²) >= 11 is 0. The lowest BCUT2D eigenvalue weighted by atomic mass is 9.91. The smallest absolute Gasteiger partial charge is 0.255 e. The molecule has 4 aliphatic rings. The quantitative estimate of drug-likeness (QED) is 0.648. The van der Waals surface area contributed by atoms with Gasteiger partial charge in [0.1, 0.15) is 22.7 Å². The van der Waals surface area contributed by atoms with E-state index in [1.165, 1.54) is 0 Å². The number of para-hydroxylation sites is 2. The van der Waals surface area contributed by atoms with Gasteiger partial charge in [0.15, 0.2) is 0 Å². The van der Waals surface area contributed by atoms with Crippen LogP contribution in [0, 0.1) is 0 Å². The third-order valence-corrected chi connectivity index (χ3v) is 7.93. The molecular weight excluding hydrogens is 472 g/mol. The van der Waals surface area contributed by atoms with Crippen LogP contribution in [0.15, 0.2) is 48.5 Å². The maximum atomic E-state index is 13.5. The molecule has 0 aromatic heterocycles. The number of nitrogens with one attached hydrogen (secondary N) is 2. The Hall–Kier alpha value is -3.59. The molecule has 2 N–H and O–H groups in total. The van der Waals surface area contributed by atoms with E-state index in [4.69, 9.17) is 9.47 Å². The summed E-state index contributed by atoms with van der Waals surface area (Å²) in [5, 5.41) is 6.01. The van der Waals surface area contributed by atoms with Crippen LogP contribution in [-0.2, 0) is 4.79 Å². The fraction of sp³-hybridized carbons (Fsp3) is 0.464. The summed E-state index contributed by atoms with van der Waals surface area (Å²) in [6, 6.07) is 14.6. The molecule has 37 heavy (non-hydrogen) atoms. The van der Waals surface area contributed by atoms with Crippen molar-refractivity contribution in [1.29, 1.82) is 0 Å². The summed E-state index contributed by atoms with van der Waals surface area (Å²) in [5.74, 6) is 0.929. The number of ether oxygens (including phenoxy) is 2. The van der Waals surface area contributed by atoms with Crippen molar-refractivity contribution in [2.75, 3.05) is 45.8 Å². The van der Waals surface area contributed by atoms with Gasteiger partial charge in [0.05, 0.1) is 37.3 Å². The van der Waals surface area contributed by atoms with Crippen molar-refractivity contribution in [3.8, 4) is 11.5 Å². The SMILES string of the molecule is O=C1NCC2(CCCN(CC(=O)N3CCCC4(CNC(=O)c5ccccc5O4)C3)C2)Oc2ccccc21. The highest BCUT2D eigenvalue weighted by Gasteiger charge is 2.44. The van der Waals surface area contributed by atoms with Crippen LogP contribution in [0.2, 0.25) is 0 Å². The lowest BCUT2D eigenvalue weighted by molar-refractivity contribution is -0.139. The fourth-order valence-corrected chi connectivity index (χ4v) is 6.08. The zero-order valence-electron chi connectivity index (χ0n) is 20.8. The molecule has 9 heteroatoms. The minimum absolute atomic E-state index is 0.0432. The Bertz CT molecular complexity index is 1230. The number of likely N-dealkylation sites (tertiary alicyclic amines) is 2. The van der Waals surface area contributed by atoms with E-state index in [1.807, 2.05) is 41.3 Å². The highest BCUT2D eigenvalue weighted by atomic mass is 16.5. The van der Waals surface area contributed by atoms with E-state index >= 15 is 0 Å². The molecule has 2 unspecified atom stereocenters. The van der Waals surface area contributed by atoms with Crippen LogP contribution in [-0.4, -0.2) is 84.5 Å². The van der Waals surface area contributed by atoms with Gasteiger partial charge in [0, 0.05) is 13.1 Å². The summed E-state index contributed by atoms with van der Waals surface area (Å²) in [6.45, 7) is 3.50. The fourth-order valence-electron chi connectivity index (χ4n) is 6.08. The lowest BCUT2D eigenvalue weighted by Crippen LogP contribution is -2.61.